The molecular formula is C25H24ClN5O2. The molecule has 0 aliphatic carbocycles. The van der Waals surface area contributed by atoms with Crippen molar-refractivity contribution < 1.29 is 9.90 Å². The molecule has 5 rings (SSSR count). The van der Waals surface area contributed by atoms with E-state index in [1.807, 2.05) is 55.1 Å². The summed E-state index contributed by atoms with van der Waals surface area (Å²) in [5.74, 6) is 0.101. The summed E-state index contributed by atoms with van der Waals surface area (Å²) in [7, 11) is 0. The van der Waals surface area contributed by atoms with E-state index in [1.165, 1.54) is 0 Å². The number of phenolic OH excluding ortho intramolecular Hbond substituents is 1. The molecular weight excluding hydrogens is 438 g/mol. The number of amides is 1. The van der Waals surface area contributed by atoms with Gasteiger partial charge in [-0.25, -0.2) is 4.98 Å². The molecule has 1 aliphatic heterocycles. The Morgan fingerprint density at radius 2 is 2.00 bits per heavy atom. The highest BCUT2D eigenvalue weighted by molar-refractivity contribution is 6.31. The number of carbonyl (C=O) groups excluding carboxylic acids is 1. The number of H-pyrrole nitrogens is 1. The molecule has 1 amide bonds. The zero-order valence-corrected chi connectivity index (χ0v) is 19.1. The average molecular weight is 462 g/mol. The van der Waals surface area contributed by atoms with Crippen LogP contribution in [0.15, 0.2) is 48.5 Å². The van der Waals surface area contributed by atoms with Gasteiger partial charge in [-0.3, -0.25) is 9.89 Å². The molecule has 33 heavy (non-hydrogen) atoms. The molecule has 2 aromatic heterocycles. The number of aryl methyl sites for hydroxylation is 2. The van der Waals surface area contributed by atoms with E-state index in [4.69, 9.17) is 16.6 Å². The van der Waals surface area contributed by atoms with Crippen LogP contribution < -0.4 is 5.32 Å². The summed E-state index contributed by atoms with van der Waals surface area (Å²) in [5.41, 5.74) is 5.09. The molecule has 168 valence electrons. The minimum absolute atomic E-state index is 0.0870. The second-order valence-corrected chi connectivity index (χ2v) is 8.75. The Labute approximate surface area is 196 Å². The van der Waals surface area contributed by atoms with Crippen molar-refractivity contribution in [2.45, 2.75) is 19.9 Å². The molecule has 3 heterocycles. The van der Waals surface area contributed by atoms with Gasteiger partial charge in [-0.1, -0.05) is 29.8 Å². The van der Waals surface area contributed by atoms with Crippen LogP contribution in [0.5, 0.6) is 5.75 Å². The molecule has 8 heteroatoms. The van der Waals surface area contributed by atoms with Crippen molar-refractivity contribution in [3.63, 3.8) is 0 Å². The predicted octanol–water partition coefficient (Wildman–Crippen LogP) is 4.39. The molecule has 0 spiro atoms. The number of hydrogen-bond donors (Lipinski definition) is 3. The monoisotopic (exact) mass is 461 g/mol. The van der Waals surface area contributed by atoms with Crippen LogP contribution in [0.4, 0.5) is 0 Å². The molecule has 1 unspecified atom stereocenters. The third-order valence-corrected chi connectivity index (χ3v) is 6.53. The van der Waals surface area contributed by atoms with Gasteiger partial charge in [0.05, 0.1) is 22.7 Å². The molecule has 1 atom stereocenters. The fourth-order valence-corrected chi connectivity index (χ4v) is 4.80. The first kappa shape index (κ1) is 21.4. The highest BCUT2D eigenvalue weighted by Crippen LogP contribution is 2.33. The van der Waals surface area contributed by atoms with E-state index in [0.29, 0.717) is 41.6 Å². The van der Waals surface area contributed by atoms with Crippen molar-refractivity contribution in [3.8, 4) is 17.0 Å². The molecule has 0 saturated carbocycles. The summed E-state index contributed by atoms with van der Waals surface area (Å²) in [6.45, 7) is 5.68. The van der Waals surface area contributed by atoms with Gasteiger partial charge in [0.1, 0.15) is 5.75 Å². The molecule has 4 aromatic rings. The van der Waals surface area contributed by atoms with Crippen molar-refractivity contribution in [3.05, 3.63) is 75.9 Å². The van der Waals surface area contributed by atoms with Gasteiger partial charge < -0.3 is 15.3 Å². The largest absolute Gasteiger partial charge is 0.508 e. The quantitative estimate of drug-likeness (QED) is 0.420. The van der Waals surface area contributed by atoms with Crippen LogP contribution in [0.25, 0.3) is 22.3 Å². The summed E-state index contributed by atoms with van der Waals surface area (Å²) in [5, 5.41) is 21.9. The Bertz CT molecular complexity index is 1370. The van der Waals surface area contributed by atoms with Gasteiger partial charge >= 0.3 is 0 Å². The van der Waals surface area contributed by atoms with E-state index < -0.39 is 0 Å². The van der Waals surface area contributed by atoms with Gasteiger partial charge in [0, 0.05) is 35.9 Å². The predicted molar refractivity (Wildman–Crippen MR) is 129 cm³/mol. The summed E-state index contributed by atoms with van der Waals surface area (Å²) in [4.78, 5) is 20.6. The number of aromatic hydroxyl groups is 1. The first-order chi connectivity index (χ1) is 15.9. The van der Waals surface area contributed by atoms with E-state index in [1.54, 1.807) is 12.1 Å². The summed E-state index contributed by atoms with van der Waals surface area (Å²) in [6.07, 6.45) is 0. The topological polar surface area (TPSA) is 94.1 Å². The lowest BCUT2D eigenvalue weighted by Gasteiger charge is -2.37. The van der Waals surface area contributed by atoms with E-state index >= 15 is 0 Å². The maximum atomic E-state index is 14.0. The Hall–Kier alpha value is -3.42. The zero-order chi connectivity index (χ0) is 23.1. The smallest absolute Gasteiger partial charge is 0.255 e. The number of nitrogens with one attached hydrogen (secondary N) is 2. The number of pyridine rings is 1. The fourth-order valence-electron chi connectivity index (χ4n) is 4.54. The van der Waals surface area contributed by atoms with Gasteiger partial charge in [-0.2, -0.15) is 5.10 Å². The van der Waals surface area contributed by atoms with Gasteiger partial charge in [0.25, 0.3) is 5.91 Å². The molecule has 7 nitrogen and oxygen atoms in total. The third-order valence-electron chi connectivity index (χ3n) is 6.19. The van der Waals surface area contributed by atoms with E-state index in [9.17, 15) is 9.90 Å². The second-order valence-electron chi connectivity index (χ2n) is 8.34. The number of rotatable bonds is 3. The number of aromatic nitrogens is 3. The van der Waals surface area contributed by atoms with E-state index in [0.717, 1.165) is 27.8 Å². The number of aromatic amines is 1. The first-order valence-corrected chi connectivity index (χ1v) is 11.2. The zero-order valence-electron chi connectivity index (χ0n) is 18.4. The number of phenols is 1. The number of fused-ring (bicyclic) bond motifs is 1. The van der Waals surface area contributed by atoms with Crippen LogP contribution in [-0.4, -0.2) is 50.7 Å². The molecule has 0 radical (unpaired) electrons. The van der Waals surface area contributed by atoms with Crippen LogP contribution in [0.2, 0.25) is 5.02 Å². The SMILES string of the molecule is Cc1cc(O)ccc1-c1cc(C(=O)N2CCNCC2c2ccccc2Cl)c2c(C)[nH]nc2n1. The Kier molecular flexibility index (Phi) is 5.52. The van der Waals surface area contributed by atoms with Crippen molar-refractivity contribution in [1.29, 1.82) is 0 Å². The lowest BCUT2D eigenvalue weighted by atomic mass is 9.98. The van der Waals surface area contributed by atoms with E-state index in [-0.39, 0.29) is 17.7 Å². The van der Waals surface area contributed by atoms with Gasteiger partial charge in [0.15, 0.2) is 5.65 Å². The highest BCUT2D eigenvalue weighted by atomic mass is 35.5. The summed E-state index contributed by atoms with van der Waals surface area (Å²) < 4.78 is 0. The van der Waals surface area contributed by atoms with Crippen LogP contribution in [0.3, 0.4) is 0 Å². The number of benzene rings is 2. The molecule has 1 fully saturated rings. The van der Waals surface area contributed by atoms with Crippen molar-refractivity contribution in [2.24, 2.45) is 0 Å². The van der Waals surface area contributed by atoms with Crippen LogP contribution in [0, 0.1) is 13.8 Å². The van der Waals surface area contributed by atoms with Gasteiger partial charge in [-0.15, -0.1) is 0 Å². The van der Waals surface area contributed by atoms with Crippen molar-refractivity contribution >= 4 is 28.5 Å². The average Bonchev–Trinajstić information content (AvgIpc) is 3.19. The first-order valence-electron chi connectivity index (χ1n) is 10.9. The van der Waals surface area contributed by atoms with Gasteiger partial charge in [0.2, 0.25) is 0 Å². The Morgan fingerprint density at radius 3 is 2.79 bits per heavy atom. The van der Waals surface area contributed by atoms with Gasteiger partial charge in [-0.05, 0) is 55.3 Å². The Morgan fingerprint density at radius 1 is 1.18 bits per heavy atom. The molecule has 0 bridgehead atoms. The fraction of sp³-hybridized carbons (Fsp3) is 0.240. The molecule has 1 aliphatic rings. The van der Waals surface area contributed by atoms with E-state index in [2.05, 4.69) is 15.5 Å². The second kappa shape index (κ2) is 8.50. The number of carbonyl (C=O) groups is 1. The normalized spacial score (nSPS) is 16.3. The number of piperazine rings is 1. The summed E-state index contributed by atoms with van der Waals surface area (Å²) >= 11 is 6.50. The third kappa shape index (κ3) is 3.83. The van der Waals surface area contributed by atoms with Crippen molar-refractivity contribution in [2.75, 3.05) is 19.6 Å². The lowest BCUT2D eigenvalue weighted by Crippen LogP contribution is -2.48. The molecule has 3 N–H and O–H groups in total. The maximum Gasteiger partial charge on any atom is 0.255 e. The Balaban J connectivity index is 1.64. The van der Waals surface area contributed by atoms with Crippen molar-refractivity contribution in [1.82, 2.24) is 25.4 Å². The van der Waals surface area contributed by atoms with Crippen LogP contribution in [0.1, 0.15) is 33.2 Å². The van der Waals surface area contributed by atoms with Crippen LogP contribution >= 0.6 is 11.6 Å². The standard InChI is InChI=1S/C25H24ClN5O2/c1-14-11-16(32)7-8-17(14)21-12-19(23-15(2)29-30-24(23)28-21)25(33)31-10-9-27-13-22(31)18-5-3-4-6-20(18)26/h3-8,11-12,22,27,32H,9-10,13H2,1-2H3,(H,28,29,30). The molecule has 2 aromatic carbocycles. The lowest BCUT2D eigenvalue weighted by molar-refractivity contribution is 0.0636. The highest BCUT2D eigenvalue weighted by Gasteiger charge is 2.32. The van der Waals surface area contributed by atoms with Crippen LogP contribution in [-0.2, 0) is 0 Å². The number of halogens is 1. The maximum absolute atomic E-state index is 14.0. The summed E-state index contributed by atoms with van der Waals surface area (Å²) in [6, 6.07) is 14.4. The number of hydrogen-bond acceptors (Lipinski definition) is 5. The number of nitrogens with zero attached hydrogens (tertiary/aromatic N) is 3. The minimum Gasteiger partial charge on any atom is -0.508 e. The minimum atomic E-state index is -0.186. The molecule has 1 saturated heterocycles.